The number of halogens is 4. The number of nitrogens with zero attached hydrogens (tertiary/aromatic N) is 1. The molecule has 30 heavy (non-hydrogen) atoms. The van der Waals surface area contributed by atoms with Gasteiger partial charge in [-0.15, -0.1) is 23.2 Å². The lowest BCUT2D eigenvalue weighted by Crippen LogP contribution is -2.58. The van der Waals surface area contributed by atoms with Gasteiger partial charge < -0.3 is 14.8 Å². The molecule has 0 aliphatic heterocycles. The van der Waals surface area contributed by atoms with Gasteiger partial charge in [0.05, 0.1) is 26.8 Å². The summed E-state index contributed by atoms with van der Waals surface area (Å²) < 4.78 is 11.1. The van der Waals surface area contributed by atoms with Gasteiger partial charge in [-0.2, -0.15) is 0 Å². The molecular weight excluding hydrogens is 482 g/mol. The van der Waals surface area contributed by atoms with Crippen molar-refractivity contribution in [3.63, 3.8) is 0 Å². The minimum Gasteiger partial charge on any atom is -0.350 e. The second-order valence-electron chi connectivity index (χ2n) is 6.94. The first-order valence-corrected chi connectivity index (χ1v) is 10.0. The summed E-state index contributed by atoms with van der Waals surface area (Å²) in [5.41, 5.74) is 0.0878. The SMILES string of the molecule is COC1(OC)[C@@]2(Cl)C(Cl)=C(Cl)[C@@]1(Cl)[C@@H](C(=O)Nc1ccc([N+](=O)[O-])cc1)[C@@H]2C(C)=O. The number of nitro benzene ring substituents is 1. The lowest BCUT2D eigenvalue weighted by molar-refractivity contribution is -0.384. The molecule has 0 aromatic heterocycles. The molecule has 0 saturated heterocycles. The van der Waals surface area contributed by atoms with Crippen LogP contribution >= 0.6 is 46.4 Å². The van der Waals surface area contributed by atoms with E-state index < -0.39 is 44.0 Å². The molecule has 2 bridgehead atoms. The summed E-state index contributed by atoms with van der Waals surface area (Å²) in [5.74, 6) is -5.64. The molecule has 0 spiro atoms. The largest absolute Gasteiger partial charge is 0.350 e. The number of amides is 1. The zero-order chi connectivity index (χ0) is 22.6. The van der Waals surface area contributed by atoms with Crippen LogP contribution in [0.15, 0.2) is 34.3 Å². The molecule has 1 N–H and O–H groups in total. The molecule has 12 heteroatoms. The molecule has 0 heterocycles. The number of hydrogen-bond donors (Lipinski definition) is 1. The summed E-state index contributed by atoms with van der Waals surface area (Å²) in [5, 5.41) is 13.1. The number of carbonyl (C=O) groups excluding carboxylic acids is 2. The van der Waals surface area contributed by atoms with Gasteiger partial charge in [0.25, 0.3) is 5.69 Å². The van der Waals surface area contributed by atoms with E-state index in [1.54, 1.807) is 0 Å². The Morgan fingerprint density at radius 3 is 1.90 bits per heavy atom. The molecule has 2 aliphatic rings. The maximum Gasteiger partial charge on any atom is 0.269 e. The van der Waals surface area contributed by atoms with Crippen LogP contribution in [0.25, 0.3) is 0 Å². The van der Waals surface area contributed by atoms with Crippen LogP contribution in [0.4, 0.5) is 11.4 Å². The number of nitro groups is 1. The van der Waals surface area contributed by atoms with Crippen molar-refractivity contribution in [1.29, 1.82) is 0 Å². The molecule has 2 aliphatic carbocycles. The number of ether oxygens (including phenoxy) is 2. The van der Waals surface area contributed by atoms with Gasteiger partial charge in [-0.25, -0.2) is 0 Å². The predicted octanol–water partition coefficient (Wildman–Crippen LogP) is 4.02. The average molecular weight is 498 g/mol. The van der Waals surface area contributed by atoms with Crippen LogP contribution in [-0.4, -0.2) is 46.4 Å². The molecule has 1 fully saturated rings. The standard InChI is InChI=1S/C18H16Cl4N2O6/c1-8(25)11-12(15(26)23-9-4-6-10(7-5-9)24(27)28)17(22)14(20)13(19)16(11,21)18(17,29-2)30-3/h4-7,11-12H,1-3H3,(H,23,26)/t11-,12+,16-,17-/m0/s1. The van der Waals surface area contributed by atoms with Crippen LogP contribution in [0.5, 0.6) is 0 Å². The molecule has 1 amide bonds. The highest BCUT2D eigenvalue weighted by atomic mass is 35.5. The summed E-state index contributed by atoms with van der Waals surface area (Å²) in [7, 11) is 2.51. The number of methoxy groups -OCH3 is 2. The Hall–Kier alpha value is -1.42. The lowest BCUT2D eigenvalue weighted by Gasteiger charge is -2.41. The van der Waals surface area contributed by atoms with E-state index in [0.29, 0.717) is 0 Å². The number of Topliss-reactive ketones (excluding diaryl/α,β-unsaturated/α-hetero) is 1. The summed E-state index contributed by atoms with van der Waals surface area (Å²) in [6, 6.07) is 5.12. The van der Waals surface area contributed by atoms with Crippen LogP contribution in [0.2, 0.25) is 0 Å². The Bertz CT molecular complexity index is 964. The van der Waals surface area contributed by atoms with Crippen LogP contribution < -0.4 is 5.32 Å². The third kappa shape index (κ3) is 2.68. The van der Waals surface area contributed by atoms with Crippen LogP contribution in [-0.2, 0) is 19.1 Å². The molecule has 1 aromatic carbocycles. The Balaban J connectivity index is 2.10. The number of fused-ring (bicyclic) bond motifs is 2. The van der Waals surface area contributed by atoms with Gasteiger partial charge in [0.2, 0.25) is 11.7 Å². The number of benzene rings is 1. The first kappa shape index (κ1) is 23.2. The van der Waals surface area contributed by atoms with Crippen molar-refractivity contribution >= 4 is 69.5 Å². The van der Waals surface area contributed by atoms with Crippen molar-refractivity contribution in [2.75, 3.05) is 19.5 Å². The van der Waals surface area contributed by atoms with Gasteiger partial charge in [0.1, 0.15) is 15.5 Å². The van der Waals surface area contributed by atoms with Crippen LogP contribution in [0.3, 0.4) is 0 Å². The molecular formula is C18H16Cl4N2O6. The van der Waals surface area contributed by atoms with Crippen molar-refractivity contribution in [1.82, 2.24) is 0 Å². The van der Waals surface area contributed by atoms with Crippen molar-refractivity contribution in [3.05, 3.63) is 44.4 Å². The van der Waals surface area contributed by atoms with E-state index in [4.69, 9.17) is 55.9 Å². The van der Waals surface area contributed by atoms with Crippen LogP contribution in [0, 0.1) is 22.0 Å². The summed E-state index contributed by atoms with van der Waals surface area (Å²) >= 11 is 26.5. The fraction of sp³-hybridized carbons (Fsp3) is 0.444. The van der Waals surface area contributed by atoms with Crippen molar-refractivity contribution in [3.8, 4) is 0 Å². The highest BCUT2D eigenvalue weighted by molar-refractivity contribution is 6.53. The second-order valence-corrected chi connectivity index (χ2v) is 8.88. The molecule has 3 rings (SSSR count). The smallest absolute Gasteiger partial charge is 0.269 e. The first-order valence-electron chi connectivity index (χ1n) is 8.54. The van der Waals surface area contributed by atoms with Crippen molar-refractivity contribution < 1.29 is 24.0 Å². The molecule has 0 unspecified atom stereocenters. The normalized spacial score (nSPS) is 31.7. The van der Waals surface area contributed by atoms with Crippen molar-refractivity contribution in [2.24, 2.45) is 11.8 Å². The highest BCUT2D eigenvalue weighted by Gasteiger charge is 2.86. The monoisotopic (exact) mass is 496 g/mol. The van der Waals surface area contributed by atoms with Gasteiger partial charge >= 0.3 is 0 Å². The van der Waals surface area contributed by atoms with E-state index in [-0.39, 0.29) is 21.4 Å². The topological polar surface area (TPSA) is 108 Å². The van der Waals surface area contributed by atoms with Crippen molar-refractivity contribution in [2.45, 2.75) is 22.5 Å². The average Bonchev–Trinajstić information content (AvgIpc) is 2.96. The zero-order valence-corrected chi connectivity index (χ0v) is 18.9. The van der Waals surface area contributed by atoms with E-state index in [1.165, 1.54) is 45.4 Å². The van der Waals surface area contributed by atoms with E-state index in [1.807, 2.05) is 0 Å². The number of carbonyl (C=O) groups is 2. The van der Waals surface area contributed by atoms with Gasteiger partial charge in [0.15, 0.2) is 0 Å². The third-order valence-electron chi connectivity index (χ3n) is 5.62. The molecule has 4 atom stereocenters. The molecule has 8 nitrogen and oxygen atoms in total. The number of nitrogens with one attached hydrogen (secondary N) is 1. The van der Waals surface area contributed by atoms with Gasteiger partial charge in [0, 0.05) is 32.0 Å². The Morgan fingerprint density at radius 1 is 1.03 bits per heavy atom. The number of alkyl halides is 2. The minimum atomic E-state index is -1.91. The Kier molecular flexibility index (Phi) is 5.90. The minimum absolute atomic E-state index is 0.135. The quantitative estimate of drug-likeness (QED) is 0.275. The number of rotatable bonds is 6. The van der Waals surface area contributed by atoms with E-state index >= 15 is 0 Å². The summed E-state index contributed by atoms with van der Waals surface area (Å²) in [6.07, 6.45) is 0. The van der Waals surface area contributed by atoms with E-state index in [2.05, 4.69) is 5.32 Å². The number of hydrogen-bond acceptors (Lipinski definition) is 6. The Morgan fingerprint density at radius 2 is 1.50 bits per heavy atom. The van der Waals surface area contributed by atoms with Gasteiger partial charge in [-0.3, -0.25) is 19.7 Å². The third-order valence-corrected chi connectivity index (χ3v) is 8.23. The Labute approximate surface area is 191 Å². The number of ketones is 1. The molecule has 0 radical (unpaired) electrons. The second kappa shape index (κ2) is 7.62. The fourth-order valence-corrected chi connectivity index (χ4v) is 6.65. The zero-order valence-electron chi connectivity index (χ0n) is 15.9. The van der Waals surface area contributed by atoms with Gasteiger partial charge in [-0.05, 0) is 19.1 Å². The predicted molar refractivity (Wildman–Crippen MR) is 112 cm³/mol. The van der Waals surface area contributed by atoms with Crippen LogP contribution in [0.1, 0.15) is 6.92 Å². The number of anilines is 1. The van der Waals surface area contributed by atoms with E-state index in [0.717, 1.165) is 0 Å². The molecule has 162 valence electrons. The lowest BCUT2D eigenvalue weighted by atomic mass is 9.79. The maximum atomic E-state index is 13.3. The fourth-order valence-electron chi connectivity index (χ4n) is 4.43. The first-order chi connectivity index (χ1) is 13.9. The number of non-ortho nitro benzene ring substituents is 1. The summed E-state index contributed by atoms with van der Waals surface area (Å²) in [4.78, 5) is 32.4. The molecule has 1 aromatic rings. The maximum absolute atomic E-state index is 13.3. The highest BCUT2D eigenvalue weighted by Crippen LogP contribution is 2.74. The summed E-state index contributed by atoms with van der Waals surface area (Å²) in [6.45, 7) is 1.25. The molecule has 1 saturated carbocycles. The van der Waals surface area contributed by atoms with E-state index in [9.17, 15) is 19.7 Å². The van der Waals surface area contributed by atoms with Gasteiger partial charge in [-0.1, -0.05) is 23.2 Å².